The first-order valence-electron chi connectivity index (χ1n) is 9.93. The zero-order valence-electron chi connectivity index (χ0n) is 17.3. The van der Waals surface area contributed by atoms with Crippen molar-refractivity contribution in [3.63, 3.8) is 0 Å². The Morgan fingerprint density at radius 1 is 1.16 bits per heavy atom. The molecule has 0 bridgehead atoms. The van der Waals surface area contributed by atoms with Crippen molar-refractivity contribution in [2.45, 2.75) is 71.4 Å². The first-order chi connectivity index (χ1) is 15.0. The van der Waals surface area contributed by atoms with Gasteiger partial charge in [0, 0.05) is 0 Å². The van der Waals surface area contributed by atoms with Crippen molar-refractivity contribution in [1.29, 1.82) is 0 Å². The van der Waals surface area contributed by atoms with Gasteiger partial charge in [0.1, 0.15) is 0 Å². The summed E-state index contributed by atoms with van der Waals surface area (Å²) < 4.78 is 46.9. The van der Waals surface area contributed by atoms with Crippen LogP contribution in [0.2, 0.25) is 15.0 Å². The second-order valence-electron chi connectivity index (χ2n) is 8.12. The molecule has 2 aliphatic heterocycles. The molecule has 1 unspecified atom stereocenters. The standard InChI is InChI=1S/C19H28O11SSe/c1-19(10-20)17(24)12(21)8-32(19)9-13-16(30-31(25,26)27)14(22)15(23)18(29-13)28-7-11-5-3-2-4-6-11/h2-6,12-18,20-24H,7-10H2,1H3/p+1/t12-,13-,14-,15-,16+,17+,18-,19-,32?/m1/s1. The van der Waals surface area contributed by atoms with Gasteiger partial charge in [0.25, 0.3) is 0 Å². The molecule has 2 saturated heterocycles. The quantitative estimate of drug-likeness (QED) is 0.171. The molecule has 0 amide bonds. The van der Waals surface area contributed by atoms with E-state index in [1.807, 2.05) is 6.07 Å². The predicted octanol–water partition coefficient (Wildman–Crippen LogP) is -1.18. The number of hydrogen-bond donors (Lipinski definition) is 6. The summed E-state index contributed by atoms with van der Waals surface area (Å²) in [5.74, 6) is 0. The molecule has 0 saturated carbocycles. The molecule has 0 spiro atoms. The number of ether oxygens (including phenoxy) is 2. The summed E-state index contributed by atoms with van der Waals surface area (Å²) in [5, 5.41) is 51.5. The molecule has 0 aliphatic carbocycles. The van der Waals surface area contributed by atoms with Gasteiger partial charge in [0.05, 0.1) is 0 Å². The third-order valence-electron chi connectivity index (χ3n) is 5.83. The Morgan fingerprint density at radius 2 is 1.81 bits per heavy atom. The maximum absolute atomic E-state index is 11.4. The molecular weight excluding hydrogens is 515 g/mol. The number of rotatable bonds is 8. The summed E-state index contributed by atoms with van der Waals surface area (Å²) in [6.07, 6.45) is -9.85. The molecule has 1 aromatic rings. The van der Waals surface area contributed by atoms with Gasteiger partial charge in [-0.15, -0.1) is 0 Å². The number of aliphatic hydroxyl groups excluding tert-OH is 5. The molecule has 2 fully saturated rings. The van der Waals surface area contributed by atoms with Gasteiger partial charge in [-0.1, -0.05) is 0 Å². The maximum atomic E-state index is 11.4. The Hall–Kier alpha value is -0.671. The zero-order chi connectivity index (χ0) is 23.7. The van der Waals surface area contributed by atoms with Gasteiger partial charge in [-0.05, 0) is 0 Å². The third-order valence-corrected chi connectivity index (χ3v) is 12.9. The van der Waals surface area contributed by atoms with E-state index in [0.717, 1.165) is 5.56 Å². The van der Waals surface area contributed by atoms with Crippen molar-refractivity contribution in [3.8, 4) is 0 Å². The van der Waals surface area contributed by atoms with E-state index in [-0.39, 0.29) is 17.2 Å². The van der Waals surface area contributed by atoms with Crippen molar-refractivity contribution >= 4 is 24.3 Å². The molecule has 182 valence electrons. The first kappa shape index (κ1) is 25.9. The van der Waals surface area contributed by atoms with Crippen LogP contribution in [0.15, 0.2) is 30.3 Å². The zero-order valence-corrected chi connectivity index (χ0v) is 19.8. The topological polar surface area (TPSA) is 183 Å². The molecule has 6 N–H and O–H groups in total. The summed E-state index contributed by atoms with van der Waals surface area (Å²) in [5.41, 5.74) is 0.772. The second-order valence-corrected chi connectivity index (χ2v) is 14.6. The monoisotopic (exact) mass is 545 g/mol. The van der Waals surface area contributed by atoms with Crippen molar-refractivity contribution in [2.75, 3.05) is 6.61 Å². The van der Waals surface area contributed by atoms with Gasteiger partial charge < -0.3 is 0 Å². The van der Waals surface area contributed by atoms with Crippen LogP contribution < -0.4 is 0 Å². The molecule has 3 rings (SSSR count). The average Bonchev–Trinajstić information content (AvgIpc) is 2.96. The fourth-order valence-corrected chi connectivity index (χ4v) is 10.4. The van der Waals surface area contributed by atoms with Crippen molar-refractivity contribution < 1.29 is 52.2 Å². The van der Waals surface area contributed by atoms with Crippen molar-refractivity contribution in [3.05, 3.63) is 35.9 Å². The second kappa shape index (κ2) is 10.3. The van der Waals surface area contributed by atoms with Crippen LogP contribution in [-0.4, -0.2) is 102 Å². The fourth-order valence-electron chi connectivity index (χ4n) is 3.90. The van der Waals surface area contributed by atoms with Crippen LogP contribution in [0.5, 0.6) is 0 Å². The van der Waals surface area contributed by atoms with E-state index in [1.165, 1.54) is 0 Å². The first-order valence-corrected chi connectivity index (χ1v) is 14.6. The average molecular weight is 544 g/mol. The van der Waals surface area contributed by atoms with Crippen LogP contribution in [0.25, 0.3) is 0 Å². The summed E-state index contributed by atoms with van der Waals surface area (Å²) in [7, 11) is -5.00. The molecule has 2 heterocycles. The van der Waals surface area contributed by atoms with Crippen LogP contribution in [-0.2, 0) is 30.7 Å². The Morgan fingerprint density at radius 3 is 2.41 bits per heavy atom. The van der Waals surface area contributed by atoms with Gasteiger partial charge in [-0.3, -0.25) is 0 Å². The molecule has 9 atom stereocenters. The van der Waals surface area contributed by atoms with Crippen LogP contribution in [0.3, 0.4) is 0 Å². The van der Waals surface area contributed by atoms with Crippen LogP contribution >= 0.6 is 0 Å². The summed E-state index contributed by atoms with van der Waals surface area (Å²) >= 11 is -2.07. The summed E-state index contributed by atoms with van der Waals surface area (Å²) in [4.78, 5) is 0. The van der Waals surface area contributed by atoms with E-state index in [0.29, 0.717) is 0 Å². The van der Waals surface area contributed by atoms with Gasteiger partial charge in [0.2, 0.25) is 0 Å². The van der Waals surface area contributed by atoms with Gasteiger partial charge in [-0.25, -0.2) is 0 Å². The molecule has 0 aromatic heterocycles. The molecular formula is C19H29O11SSe+. The van der Waals surface area contributed by atoms with Crippen LogP contribution in [0.4, 0.5) is 0 Å². The van der Waals surface area contributed by atoms with Crippen molar-refractivity contribution in [1.82, 2.24) is 0 Å². The molecule has 1 aromatic carbocycles. The van der Waals surface area contributed by atoms with Gasteiger partial charge in [-0.2, -0.15) is 0 Å². The molecule has 32 heavy (non-hydrogen) atoms. The minimum atomic E-state index is -5.00. The van der Waals surface area contributed by atoms with Crippen LogP contribution in [0, 0.1) is 0 Å². The van der Waals surface area contributed by atoms with Crippen molar-refractivity contribution in [2.24, 2.45) is 0 Å². The number of benzene rings is 1. The SMILES string of the molecule is C[C@@]1(CO)[C@@H](O)[C@H](O)C[Se+]1C[C@H]1O[C@@H](OCc2ccccc2)[C@H](O)[C@@H](O)[C@H]1OS(=O)(=O)O. The molecule has 2 aliphatic rings. The molecule has 11 nitrogen and oxygen atoms in total. The van der Waals surface area contributed by atoms with E-state index in [9.17, 15) is 34.0 Å². The number of aliphatic hydroxyl groups is 5. The van der Waals surface area contributed by atoms with E-state index >= 15 is 0 Å². The Balaban J connectivity index is 1.81. The summed E-state index contributed by atoms with van der Waals surface area (Å²) in [6.45, 7) is 1.25. The normalized spacial score (nSPS) is 40.5. The van der Waals surface area contributed by atoms with Crippen LogP contribution in [0.1, 0.15) is 12.5 Å². The summed E-state index contributed by atoms with van der Waals surface area (Å²) in [6, 6.07) is 8.98. The van der Waals surface area contributed by atoms with E-state index in [2.05, 4.69) is 4.18 Å². The Labute approximate surface area is 190 Å². The Bertz CT molecular complexity index is 856. The fraction of sp³-hybridized carbons (Fsp3) is 0.684. The Kier molecular flexibility index (Phi) is 8.35. The van der Waals surface area contributed by atoms with E-state index in [1.54, 1.807) is 31.2 Å². The van der Waals surface area contributed by atoms with E-state index < -0.39 is 78.1 Å². The predicted molar refractivity (Wildman–Crippen MR) is 111 cm³/mol. The van der Waals surface area contributed by atoms with Gasteiger partial charge in [0.15, 0.2) is 0 Å². The third kappa shape index (κ3) is 5.69. The molecule has 13 heteroatoms. The molecule has 0 radical (unpaired) electrons. The van der Waals surface area contributed by atoms with E-state index in [4.69, 9.17) is 14.0 Å². The van der Waals surface area contributed by atoms with Gasteiger partial charge >= 0.3 is 190 Å². The minimum absolute atomic E-state index is 0.0390. The number of hydrogen-bond acceptors (Lipinski definition) is 10.